The molecular formula is C20H26N4O2. The van der Waals surface area contributed by atoms with Crippen LogP contribution in [0, 0.1) is 5.92 Å². The average Bonchev–Trinajstić information content (AvgIpc) is 3.38. The number of aromatic nitrogens is 1. The summed E-state index contributed by atoms with van der Waals surface area (Å²) < 4.78 is 11.2. The second-order valence-electron chi connectivity index (χ2n) is 6.40. The molecule has 1 fully saturated rings. The lowest BCUT2D eigenvalue weighted by molar-refractivity contribution is 0.212. The number of benzene rings is 1. The Kier molecular flexibility index (Phi) is 6.30. The summed E-state index contributed by atoms with van der Waals surface area (Å²) in [4.78, 5) is 8.58. The second kappa shape index (κ2) is 9.08. The van der Waals surface area contributed by atoms with Gasteiger partial charge in [-0.15, -0.1) is 0 Å². The third-order valence-electron chi connectivity index (χ3n) is 4.26. The average molecular weight is 354 g/mol. The number of ether oxygens (including phenoxy) is 2. The number of pyridine rings is 1. The Morgan fingerprint density at radius 1 is 1.15 bits per heavy atom. The summed E-state index contributed by atoms with van der Waals surface area (Å²) in [7, 11) is 1.79. The number of aliphatic imine (C=N–C) groups is 1. The predicted octanol–water partition coefficient (Wildman–Crippen LogP) is 2.61. The molecule has 0 aliphatic heterocycles. The third-order valence-corrected chi connectivity index (χ3v) is 4.26. The Morgan fingerprint density at radius 3 is 2.58 bits per heavy atom. The quantitative estimate of drug-likeness (QED) is 0.433. The molecule has 3 rings (SSSR count). The zero-order valence-electron chi connectivity index (χ0n) is 15.3. The van der Waals surface area contributed by atoms with Crippen LogP contribution in [0.4, 0.5) is 0 Å². The van der Waals surface area contributed by atoms with Gasteiger partial charge in [-0.25, -0.2) is 4.98 Å². The summed E-state index contributed by atoms with van der Waals surface area (Å²) in [5, 5.41) is 6.71. The first kappa shape index (κ1) is 18.0. The minimum absolute atomic E-state index is 0.454. The van der Waals surface area contributed by atoms with Gasteiger partial charge >= 0.3 is 0 Å². The topological polar surface area (TPSA) is 67.8 Å². The van der Waals surface area contributed by atoms with Crippen LogP contribution in [0.25, 0.3) is 0 Å². The molecule has 0 saturated heterocycles. The van der Waals surface area contributed by atoms with Gasteiger partial charge in [0.05, 0.1) is 0 Å². The molecule has 2 unspecified atom stereocenters. The molecule has 138 valence electrons. The van der Waals surface area contributed by atoms with E-state index in [0.717, 1.165) is 23.2 Å². The van der Waals surface area contributed by atoms with Crippen molar-refractivity contribution < 1.29 is 9.47 Å². The normalized spacial score (nSPS) is 18.9. The van der Waals surface area contributed by atoms with Crippen molar-refractivity contribution in [1.82, 2.24) is 15.6 Å². The highest BCUT2D eigenvalue weighted by Crippen LogP contribution is 2.28. The van der Waals surface area contributed by atoms with Crippen LogP contribution in [0.1, 0.15) is 18.9 Å². The fourth-order valence-electron chi connectivity index (χ4n) is 2.50. The van der Waals surface area contributed by atoms with Crippen molar-refractivity contribution in [3.63, 3.8) is 0 Å². The van der Waals surface area contributed by atoms with Gasteiger partial charge in [-0.1, -0.05) is 31.2 Å². The molecule has 0 spiro atoms. The van der Waals surface area contributed by atoms with Crippen LogP contribution < -0.4 is 20.1 Å². The van der Waals surface area contributed by atoms with Gasteiger partial charge in [0, 0.05) is 31.9 Å². The Balaban J connectivity index is 1.36. The van der Waals surface area contributed by atoms with E-state index < -0.39 is 0 Å². The molecule has 1 saturated carbocycles. The molecule has 1 heterocycles. The van der Waals surface area contributed by atoms with E-state index >= 15 is 0 Å². The van der Waals surface area contributed by atoms with E-state index in [4.69, 9.17) is 9.47 Å². The highest BCUT2D eigenvalue weighted by Gasteiger charge is 2.33. The third kappa shape index (κ3) is 5.65. The molecule has 2 N–H and O–H groups in total. The summed E-state index contributed by atoms with van der Waals surface area (Å²) in [5.41, 5.74) is 1.07. The summed E-state index contributed by atoms with van der Waals surface area (Å²) in [6.07, 6.45) is 3.02. The van der Waals surface area contributed by atoms with Crippen LogP contribution in [0.3, 0.4) is 0 Å². The second-order valence-corrected chi connectivity index (χ2v) is 6.40. The van der Waals surface area contributed by atoms with E-state index in [9.17, 15) is 0 Å². The van der Waals surface area contributed by atoms with E-state index in [-0.39, 0.29) is 0 Å². The van der Waals surface area contributed by atoms with Crippen molar-refractivity contribution in [1.29, 1.82) is 0 Å². The maximum Gasteiger partial charge on any atom is 0.213 e. The largest absolute Gasteiger partial charge is 0.490 e. The number of guanidine groups is 1. The van der Waals surface area contributed by atoms with Gasteiger partial charge in [-0.3, -0.25) is 4.99 Å². The molecule has 1 aromatic carbocycles. The smallest absolute Gasteiger partial charge is 0.213 e. The van der Waals surface area contributed by atoms with Gasteiger partial charge < -0.3 is 20.1 Å². The van der Waals surface area contributed by atoms with E-state index in [0.29, 0.717) is 31.7 Å². The molecular weight excluding hydrogens is 328 g/mol. The zero-order chi connectivity index (χ0) is 18.2. The zero-order valence-corrected chi connectivity index (χ0v) is 15.3. The lowest BCUT2D eigenvalue weighted by atomic mass is 10.3. The van der Waals surface area contributed by atoms with Crippen LogP contribution in [0.5, 0.6) is 11.6 Å². The Bertz CT molecular complexity index is 704. The van der Waals surface area contributed by atoms with Crippen molar-refractivity contribution >= 4 is 5.96 Å². The fourth-order valence-corrected chi connectivity index (χ4v) is 2.50. The van der Waals surface area contributed by atoms with Crippen LogP contribution in [0.2, 0.25) is 0 Å². The summed E-state index contributed by atoms with van der Waals surface area (Å²) >= 11 is 0. The minimum Gasteiger partial charge on any atom is -0.490 e. The highest BCUT2D eigenvalue weighted by molar-refractivity contribution is 5.80. The molecule has 0 amide bonds. The van der Waals surface area contributed by atoms with Gasteiger partial charge in [0.15, 0.2) is 5.96 Å². The minimum atomic E-state index is 0.454. The lowest BCUT2D eigenvalue weighted by Gasteiger charge is -2.12. The van der Waals surface area contributed by atoms with E-state index in [1.807, 2.05) is 48.7 Å². The number of para-hydroxylation sites is 1. The maximum absolute atomic E-state index is 5.61. The van der Waals surface area contributed by atoms with Crippen molar-refractivity contribution in [2.45, 2.75) is 25.9 Å². The summed E-state index contributed by atoms with van der Waals surface area (Å²) in [6.45, 7) is 3.84. The highest BCUT2D eigenvalue weighted by atomic mass is 16.5. The van der Waals surface area contributed by atoms with Gasteiger partial charge in [-0.05, 0) is 30.0 Å². The molecule has 2 atom stereocenters. The summed E-state index contributed by atoms with van der Waals surface area (Å²) in [5.74, 6) is 3.00. The SMILES string of the molecule is CN=C(NCc1ccc(OCCOc2ccccc2)nc1)NC1CC1C. The van der Waals surface area contributed by atoms with Crippen LogP contribution in [0.15, 0.2) is 53.7 Å². The number of rotatable bonds is 8. The van der Waals surface area contributed by atoms with Crippen LogP contribution >= 0.6 is 0 Å². The van der Waals surface area contributed by atoms with Crippen molar-refractivity contribution in [3.8, 4) is 11.6 Å². The van der Waals surface area contributed by atoms with Gasteiger partial charge in [0.1, 0.15) is 19.0 Å². The molecule has 26 heavy (non-hydrogen) atoms. The van der Waals surface area contributed by atoms with Crippen molar-refractivity contribution in [2.75, 3.05) is 20.3 Å². The number of nitrogens with zero attached hydrogens (tertiary/aromatic N) is 2. The molecule has 1 aliphatic carbocycles. The first-order chi connectivity index (χ1) is 12.7. The Hall–Kier alpha value is -2.76. The number of hydrogen-bond donors (Lipinski definition) is 2. The molecule has 2 aromatic rings. The summed E-state index contributed by atoms with van der Waals surface area (Å²) in [6, 6.07) is 14.1. The first-order valence-corrected chi connectivity index (χ1v) is 8.97. The van der Waals surface area contributed by atoms with Crippen LogP contribution in [-0.2, 0) is 6.54 Å². The lowest BCUT2D eigenvalue weighted by Crippen LogP contribution is -2.38. The molecule has 6 heteroatoms. The van der Waals surface area contributed by atoms with E-state index in [1.165, 1.54) is 6.42 Å². The van der Waals surface area contributed by atoms with Crippen molar-refractivity contribution in [3.05, 3.63) is 54.2 Å². The first-order valence-electron chi connectivity index (χ1n) is 8.97. The molecule has 1 aromatic heterocycles. The molecule has 0 radical (unpaired) electrons. The molecule has 6 nitrogen and oxygen atoms in total. The van der Waals surface area contributed by atoms with Gasteiger partial charge in [0.25, 0.3) is 0 Å². The molecule has 1 aliphatic rings. The van der Waals surface area contributed by atoms with Crippen molar-refractivity contribution in [2.24, 2.45) is 10.9 Å². The monoisotopic (exact) mass is 354 g/mol. The number of hydrogen-bond acceptors (Lipinski definition) is 4. The maximum atomic E-state index is 5.61. The van der Waals surface area contributed by atoms with Gasteiger partial charge in [-0.2, -0.15) is 0 Å². The standard InChI is InChI=1S/C20H26N4O2/c1-15-12-18(15)24-20(21-2)23-14-16-8-9-19(22-13-16)26-11-10-25-17-6-4-3-5-7-17/h3-9,13,15,18H,10-12,14H2,1-2H3,(H2,21,23,24). The van der Waals surface area contributed by atoms with E-state index in [2.05, 4.69) is 27.5 Å². The van der Waals surface area contributed by atoms with Gasteiger partial charge in [0.2, 0.25) is 5.88 Å². The fraction of sp³-hybridized carbons (Fsp3) is 0.400. The Morgan fingerprint density at radius 2 is 1.92 bits per heavy atom. The predicted molar refractivity (Wildman–Crippen MR) is 103 cm³/mol. The number of nitrogens with one attached hydrogen (secondary N) is 2. The molecule has 0 bridgehead atoms. The van der Waals surface area contributed by atoms with Crippen LogP contribution in [-0.4, -0.2) is 37.2 Å². The Labute approximate surface area is 154 Å². The van der Waals surface area contributed by atoms with E-state index in [1.54, 1.807) is 7.05 Å².